The van der Waals surface area contributed by atoms with Crippen molar-refractivity contribution in [3.05, 3.63) is 22.2 Å². The molecule has 0 atom stereocenters. The van der Waals surface area contributed by atoms with Gasteiger partial charge in [-0.2, -0.15) is 0 Å². The maximum atomic E-state index is 10.7. The Morgan fingerprint density at radius 1 is 1.50 bits per heavy atom. The first-order valence-electron chi connectivity index (χ1n) is 6.78. The van der Waals surface area contributed by atoms with Crippen molar-refractivity contribution in [3.63, 3.8) is 0 Å². The highest BCUT2D eigenvalue weighted by Gasteiger charge is 2.20. The number of anilines is 2. The van der Waals surface area contributed by atoms with E-state index >= 15 is 0 Å². The zero-order valence-corrected chi connectivity index (χ0v) is 12.0. The van der Waals surface area contributed by atoms with Crippen molar-refractivity contribution in [1.29, 1.82) is 0 Å². The van der Waals surface area contributed by atoms with Crippen molar-refractivity contribution in [3.8, 4) is 0 Å². The number of pyridine rings is 1. The molecule has 7 heteroatoms. The molecule has 0 radical (unpaired) electrons. The summed E-state index contributed by atoms with van der Waals surface area (Å²) in [5, 5.41) is 10.7. The van der Waals surface area contributed by atoms with Crippen LogP contribution in [0, 0.1) is 16.0 Å². The molecule has 2 rings (SSSR count). The summed E-state index contributed by atoms with van der Waals surface area (Å²) in [6, 6.07) is 3.08. The summed E-state index contributed by atoms with van der Waals surface area (Å²) in [5.74, 6) is 1.30. The molecule has 0 bridgehead atoms. The normalized spacial score (nSPS) is 17.1. The molecule has 7 nitrogen and oxygen atoms in total. The van der Waals surface area contributed by atoms with Gasteiger partial charge in [0, 0.05) is 19.7 Å². The molecular formula is C13H21N5O2. The van der Waals surface area contributed by atoms with Crippen LogP contribution in [0.2, 0.25) is 0 Å². The van der Waals surface area contributed by atoms with Crippen molar-refractivity contribution < 1.29 is 4.92 Å². The molecule has 1 aliphatic heterocycles. The topological polar surface area (TPSA) is 88.5 Å². The highest BCUT2D eigenvalue weighted by Crippen LogP contribution is 2.24. The lowest BCUT2D eigenvalue weighted by Gasteiger charge is -2.32. The first kappa shape index (κ1) is 14.5. The highest BCUT2D eigenvalue weighted by atomic mass is 16.6. The Kier molecular flexibility index (Phi) is 4.39. The van der Waals surface area contributed by atoms with Gasteiger partial charge in [0.1, 0.15) is 5.82 Å². The Hall–Kier alpha value is -1.89. The van der Waals surface area contributed by atoms with Crippen LogP contribution in [0.5, 0.6) is 0 Å². The zero-order chi connectivity index (χ0) is 14.7. The molecule has 0 spiro atoms. The summed E-state index contributed by atoms with van der Waals surface area (Å²) in [4.78, 5) is 18.7. The number of rotatable bonds is 4. The van der Waals surface area contributed by atoms with Gasteiger partial charge in [0.25, 0.3) is 0 Å². The fraction of sp³-hybridized carbons (Fsp3) is 0.615. The lowest BCUT2D eigenvalue weighted by molar-refractivity contribution is -0.384. The third-order valence-corrected chi connectivity index (χ3v) is 3.85. The molecule has 2 N–H and O–H groups in total. The van der Waals surface area contributed by atoms with Crippen LogP contribution in [-0.4, -0.2) is 48.5 Å². The summed E-state index contributed by atoms with van der Waals surface area (Å²) in [5.41, 5.74) is 5.49. The van der Waals surface area contributed by atoms with Crippen LogP contribution in [0.15, 0.2) is 12.1 Å². The van der Waals surface area contributed by atoms with Gasteiger partial charge in [0.05, 0.1) is 4.92 Å². The van der Waals surface area contributed by atoms with E-state index in [0.29, 0.717) is 11.7 Å². The smallest absolute Gasteiger partial charge is 0.311 e. The summed E-state index contributed by atoms with van der Waals surface area (Å²) in [6.07, 6.45) is 2.34. The zero-order valence-electron chi connectivity index (χ0n) is 12.0. The number of aromatic nitrogens is 1. The van der Waals surface area contributed by atoms with E-state index in [2.05, 4.69) is 16.9 Å². The summed E-state index contributed by atoms with van der Waals surface area (Å²) in [6.45, 7) is 3.14. The molecule has 20 heavy (non-hydrogen) atoms. The molecule has 1 fully saturated rings. The van der Waals surface area contributed by atoms with Crippen LogP contribution >= 0.6 is 0 Å². The Morgan fingerprint density at radius 3 is 2.70 bits per heavy atom. The predicted molar refractivity (Wildman–Crippen MR) is 78.8 cm³/mol. The second-order valence-corrected chi connectivity index (χ2v) is 5.46. The van der Waals surface area contributed by atoms with Crippen LogP contribution in [0.4, 0.5) is 17.3 Å². The Balaban J connectivity index is 2.00. The minimum Gasteiger partial charge on any atom is -0.378 e. The molecule has 1 saturated heterocycles. The third-order valence-electron chi connectivity index (χ3n) is 3.85. The molecule has 1 aromatic heterocycles. The van der Waals surface area contributed by atoms with Gasteiger partial charge in [-0.3, -0.25) is 10.1 Å². The lowest BCUT2D eigenvalue weighted by atomic mass is 9.97. The fourth-order valence-electron chi connectivity index (χ4n) is 2.55. The fourth-order valence-corrected chi connectivity index (χ4v) is 2.55. The van der Waals surface area contributed by atoms with Gasteiger partial charge in [-0.25, -0.2) is 4.98 Å². The van der Waals surface area contributed by atoms with E-state index in [1.54, 1.807) is 6.07 Å². The van der Waals surface area contributed by atoms with Gasteiger partial charge in [-0.1, -0.05) is 0 Å². The average molecular weight is 279 g/mol. The van der Waals surface area contributed by atoms with E-state index in [1.807, 2.05) is 11.9 Å². The van der Waals surface area contributed by atoms with E-state index in [-0.39, 0.29) is 11.5 Å². The molecule has 0 amide bonds. The molecule has 0 aliphatic carbocycles. The van der Waals surface area contributed by atoms with E-state index < -0.39 is 4.92 Å². The predicted octanol–water partition coefficient (Wildman–Crippen LogP) is 1.35. The number of hydrogen-bond donors (Lipinski definition) is 1. The third kappa shape index (κ3) is 3.36. The van der Waals surface area contributed by atoms with Gasteiger partial charge in [0.15, 0.2) is 0 Å². The Labute approximate surface area is 118 Å². The van der Waals surface area contributed by atoms with Gasteiger partial charge >= 0.3 is 5.69 Å². The first-order chi connectivity index (χ1) is 9.47. The summed E-state index contributed by atoms with van der Waals surface area (Å²) in [7, 11) is 4.09. The average Bonchev–Trinajstić information content (AvgIpc) is 2.40. The second kappa shape index (κ2) is 6.04. The minimum absolute atomic E-state index is 0.0253. The van der Waals surface area contributed by atoms with Crippen molar-refractivity contribution in [2.75, 3.05) is 44.4 Å². The van der Waals surface area contributed by atoms with Gasteiger partial charge in [-0.15, -0.1) is 0 Å². The molecule has 1 aliphatic rings. The number of piperidine rings is 1. The largest absolute Gasteiger partial charge is 0.378 e. The lowest BCUT2D eigenvalue weighted by Crippen LogP contribution is -2.36. The second-order valence-electron chi connectivity index (χ2n) is 5.46. The monoisotopic (exact) mass is 279 g/mol. The van der Waals surface area contributed by atoms with Gasteiger partial charge in [0.2, 0.25) is 5.82 Å². The molecule has 110 valence electrons. The van der Waals surface area contributed by atoms with Gasteiger partial charge < -0.3 is 15.5 Å². The number of nitro groups is 1. The molecule has 1 aromatic rings. The maximum absolute atomic E-state index is 10.7. The van der Waals surface area contributed by atoms with E-state index in [4.69, 9.17) is 5.73 Å². The quantitative estimate of drug-likeness (QED) is 0.661. The minimum atomic E-state index is -0.511. The Bertz CT molecular complexity index is 486. The maximum Gasteiger partial charge on any atom is 0.311 e. The summed E-state index contributed by atoms with van der Waals surface area (Å²) >= 11 is 0. The molecule has 2 heterocycles. The van der Waals surface area contributed by atoms with Crippen molar-refractivity contribution in [1.82, 2.24) is 9.88 Å². The van der Waals surface area contributed by atoms with Crippen molar-refractivity contribution >= 4 is 17.3 Å². The van der Waals surface area contributed by atoms with E-state index in [0.717, 1.165) is 19.6 Å². The van der Waals surface area contributed by atoms with Crippen LogP contribution in [0.25, 0.3) is 0 Å². The number of nitrogens with two attached hydrogens (primary N) is 1. The van der Waals surface area contributed by atoms with E-state index in [9.17, 15) is 10.1 Å². The van der Waals surface area contributed by atoms with Crippen LogP contribution in [0.1, 0.15) is 12.8 Å². The van der Waals surface area contributed by atoms with E-state index in [1.165, 1.54) is 18.9 Å². The number of nitrogen functional groups attached to an aromatic ring is 1. The van der Waals surface area contributed by atoms with Crippen LogP contribution in [-0.2, 0) is 0 Å². The standard InChI is InChI=1S/C13H21N5O2/c1-16-7-5-10(6-8-16)9-17(2)12-4-3-11(18(19)20)13(14)15-12/h3-4,10H,5-9H2,1-2H3,(H2,14,15). The molecular weight excluding hydrogens is 258 g/mol. The Morgan fingerprint density at radius 2 is 2.15 bits per heavy atom. The van der Waals surface area contributed by atoms with Crippen molar-refractivity contribution in [2.24, 2.45) is 5.92 Å². The molecule has 0 saturated carbocycles. The number of nitrogens with zero attached hydrogens (tertiary/aromatic N) is 4. The highest BCUT2D eigenvalue weighted by molar-refractivity contribution is 5.57. The number of hydrogen-bond acceptors (Lipinski definition) is 6. The van der Waals surface area contributed by atoms with Gasteiger partial charge in [-0.05, 0) is 45.0 Å². The van der Waals surface area contributed by atoms with Crippen molar-refractivity contribution in [2.45, 2.75) is 12.8 Å². The SMILES string of the molecule is CN1CCC(CN(C)c2ccc([N+](=O)[O-])c(N)n2)CC1. The van der Waals surface area contributed by atoms with Crippen LogP contribution < -0.4 is 10.6 Å². The molecule has 0 unspecified atom stereocenters. The number of likely N-dealkylation sites (tertiary alicyclic amines) is 1. The summed E-state index contributed by atoms with van der Waals surface area (Å²) < 4.78 is 0. The molecule has 0 aromatic carbocycles. The van der Waals surface area contributed by atoms with Crippen LogP contribution in [0.3, 0.4) is 0 Å². The first-order valence-corrected chi connectivity index (χ1v) is 6.78.